The predicted molar refractivity (Wildman–Crippen MR) is 88.2 cm³/mol. The van der Waals surface area contributed by atoms with E-state index in [-0.39, 0.29) is 42.5 Å². The summed E-state index contributed by atoms with van der Waals surface area (Å²) >= 11 is 0. The van der Waals surface area contributed by atoms with E-state index < -0.39 is 6.10 Å². The van der Waals surface area contributed by atoms with E-state index in [0.29, 0.717) is 24.8 Å². The van der Waals surface area contributed by atoms with Gasteiger partial charge in [0, 0.05) is 37.7 Å². The Morgan fingerprint density at radius 3 is 2.60 bits per heavy atom. The Morgan fingerprint density at radius 2 is 1.96 bits per heavy atom. The predicted octanol–water partition coefficient (Wildman–Crippen LogP) is 2.25. The highest BCUT2D eigenvalue weighted by Gasteiger charge is 2.51. The molecular formula is C19H22O6. The second-order valence-corrected chi connectivity index (χ2v) is 6.80. The Bertz CT molecular complexity index is 701. The van der Waals surface area contributed by atoms with Crippen molar-refractivity contribution in [3.05, 3.63) is 35.5 Å². The second-order valence-electron chi connectivity index (χ2n) is 6.80. The summed E-state index contributed by atoms with van der Waals surface area (Å²) in [6.45, 7) is 10.9. The first-order valence-electron chi connectivity index (χ1n) is 8.39. The summed E-state index contributed by atoms with van der Waals surface area (Å²) < 4.78 is 16.2. The topological polar surface area (TPSA) is 78.9 Å². The molecule has 0 aromatic rings. The van der Waals surface area contributed by atoms with Crippen molar-refractivity contribution in [2.45, 2.75) is 45.3 Å². The summed E-state index contributed by atoms with van der Waals surface area (Å²) in [6, 6.07) is 0. The number of hydrogen-bond donors (Lipinski definition) is 0. The lowest BCUT2D eigenvalue weighted by molar-refractivity contribution is -0.145. The fraction of sp³-hybridized carbons (Fsp3) is 0.526. The molecule has 1 aliphatic heterocycles. The van der Waals surface area contributed by atoms with Crippen molar-refractivity contribution in [2.24, 2.45) is 11.8 Å². The summed E-state index contributed by atoms with van der Waals surface area (Å²) in [4.78, 5) is 34.6. The third-order valence-electron chi connectivity index (χ3n) is 5.24. The van der Waals surface area contributed by atoms with E-state index in [1.807, 2.05) is 0 Å². The van der Waals surface area contributed by atoms with E-state index in [1.165, 1.54) is 13.8 Å². The lowest BCUT2D eigenvalue weighted by Gasteiger charge is -2.24. The maximum absolute atomic E-state index is 12.0. The molecule has 1 saturated heterocycles. The highest BCUT2D eigenvalue weighted by molar-refractivity contribution is 5.91. The van der Waals surface area contributed by atoms with E-state index >= 15 is 0 Å². The van der Waals surface area contributed by atoms with E-state index in [0.717, 1.165) is 16.7 Å². The number of carbonyl (C=O) groups excluding carboxylic acids is 3. The highest BCUT2D eigenvalue weighted by Crippen LogP contribution is 2.50. The minimum absolute atomic E-state index is 0.102. The number of carbonyl (C=O) groups is 3. The number of fused-ring (bicyclic) bond motifs is 3. The van der Waals surface area contributed by atoms with Crippen LogP contribution in [-0.2, 0) is 28.6 Å². The Hall–Kier alpha value is -2.37. The van der Waals surface area contributed by atoms with Crippen LogP contribution in [0.15, 0.2) is 35.5 Å². The van der Waals surface area contributed by atoms with Crippen LogP contribution in [0.4, 0.5) is 0 Å². The smallest absolute Gasteiger partial charge is 0.334 e. The average molecular weight is 346 g/mol. The molecule has 0 spiro atoms. The molecule has 25 heavy (non-hydrogen) atoms. The van der Waals surface area contributed by atoms with Crippen molar-refractivity contribution >= 4 is 17.9 Å². The zero-order chi connectivity index (χ0) is 18.3. The minimum Gasteiger partial charge on any atom is -0.461 e. The van der Waals surface area contributed by atoms with Gasteiger partial charge in [-0.2, -0.15) is 0 Å². The van der Waals surface area contributed by atoms with Gasteiger partial charge in [-0.15, -0.1) is 0 Å². The van der Waals surface area contributed by atoms with Crippen molar-refractivity contribution in [1.82, 2.24) is 0 Å². The van der Waals surface area contributed by atoms with Crippen molar-refractivity contribution in [2.75, 3.05) is 6.61 Å². The molecule has 0 aromatic carbocycles. The fourth-order valence-corrected chi connectivity index (χ4v) is 4.09. The second kappa shape index (κ2) is 6.50. The first-order valence-corrected chi connectivity index (χ1v) is 8.39. The number of ether oxygens (including phenoxy) is 3. The van der Waals surface area contributed by atoms with Crippen LogP contribution in [0.5, 0.6) is 0 Å². The zero-order valence-corrected chi connectivity index (χ0v) is 14.5. The van der Waals surface area contributed by atoms with Gasteiger partial charge in [-0.25, -0.2) is 4.79 Å². The van der Waals surface area contributed by atoms with Gasteiger partial charge in [0.05, 0.1) is 0 Å². The lowest BCUT2D eigenvalue weighted by Crippen LogP contribution is -2.27. The van der Waals surface area contributed by atoms with Gasteiger partial charge in [-0.3, -0.25) is 9.59 Å². The Morgan fingerprint density at radius 1 is 1.24 bits per heavy atom. The summed E-state index contributed by atoms with van der Waals surface area (Å²) in [5.74, 6) is -1.44. The monoisotopic (exact) mass is 346 g/mol. The molecule has 0 unspecified atom stereocenters. The van der Waals surface area contributed by atoms with Crippen molar-refractivity contribution in [3.63, 3.8) is 0 Å². The van der Waals surface area contributed by atoms with Gasteiger partial charge >= 0.3 is 17.9 Å². The minimum atomic E-state index is -0.448. The van der Waals surface area contributed by atoms with Crippen LogP contribution < -0.4 is 0 Å². The maximum Gasteiger partial charge on any atom is 0.334 e. The van der Waals surface area contributed by atoms with Crippen LogP contribution in [0.2, 0.25) is 0 Å². The normalized spacial score (nSPS) is 31.2. The average Bonchev–Trinajstić information content (AvgIpc) is 2.92. The molecule has 0 bridgehead atoms. The third-order valence-corrected chi connectivity index (χ3v) is 5.24. The van der Waals surface area contributed by atoms with Crippen LogP contribution in [0, 0.1) is 11.8 Å². The molecule has 0 aromatic heterocycles. The first kappa shape index (κ1) is 17.5. The SMILES string of the molecule is C=C1[C@H]2C(=C(COC(C)=O)CC[C@H]3C(=C)C(=O)O[C@H]23)C[C@@H]1OC(C)=O. The Kier molecular flexibility index (Phi) is 4.54. The number of rotatable bonds is 3. The fourth-order valence-electron chi connectivity index (χ4n) is 4.09. The zero-order valence-electron chi connectivity index (χ0n) is 14.5. The lowest BCUT2D eigenvalue weighted by atomic mass is 9.84. The molecule has 3 rings (SSSR count). The van der Waals surface area contributed by atoms with Crippen LogP contribution in [-0.4, -0.2) is 36.7 Å². The Labute approximate surface area is 146 Å². The van der Waals surface area contributed by atoms with E-state index in [9.17, 15) is 14.4 Å². The van der Waals surface area contributed by atoms with Gasteiger partial charge in [-0.05, 0) is 24.0 Å². The standard InChI is InChI=1S/C19H22O6/c1-9-14-6-5-13(8-23-11(3)20)15-7-16(24-12(4)21)10(2)17(15)18(14)25-19(9)22/h14,16-18H,1-2,5-8H2,3-4H3/t14-,16-,17-,18-/m0/s1. The molecule has 2 aliphatic carbocycles. The van der Waals surface area contributed by atoms with Crippen LogP contribution >= 0.6 is 0 Å². The highest BCUT2D eigenvalue weighted by atomic mass is 16.6. The molecule has 0 amide bonds. The largest absolute Gasteiger partial charge is 0.461 e. The maximum atomic E-state index is 12.0. The molecule has 1 heterocycles. The molecule has 0 radical (unpaired) electrons. The quantitative estimate of drug-likeness (QED) is 0.337. The molecule has 0 N–H and O–H groups in total. The molecule has 4 atom stereocenters. The summed E-state index contributed by atoms with van der Waals surface area (Å²) in [5.41, 5.74) is 3.20. The summed E-state index contributed by atoms with van der Waals surface area (Å²) in [5, 5.41) is 0. The molecule has 6 nitrogen and oxygen atoms in total. The summed E-state index contributed by atoms with van der Waals surface area (Å²) in [6.07, 6.45) is 1.05. The first-order chi connectivity index (χ1) is 11.8. The van der Waals surface area contributed by atoms with Gasteiger partial charge < -0.3 is 14.2 Å². The van der Waals surface area contributed by atoms with Gasteiger partial charge in [0.2, 0.25) is 0 Å². The van der Waals surface area contributed by atoms with Crippen molar-refractivity contribution < 1.29 is 28.6 Å². The Balaban J connectivity index is 1.97. The molecule has 2 fully saturated rings. The molecule has 3 aliphatic rings. The third kappa shape index (κ3) is 3.13. The number of esters is 3. The van der Waals surface area contributed by atoms with Gasteiger partial charge in [0.1, 0.15) is 18.8 Å². The van der Waals surface area contributed by atoms with Crippen molar-refractivity contribution in [1.29, 1.82) is 0 Å². The number of hydrogen-bond acceptors (Lipinski definition) is 6. The van der Waals surface area contributed by atoms with E-state index in [1.54, 1.807) is 0 Å². The summed E-state index contributed by atoms with van der Waals surface area (Å²) in [7, 11) is 0. The van der Waals surface area contributed by atoms with Gasteiger partial charge in [-0.1, -0.05) is 18.7 Å². The van der Waals surface area contributed by atoms with Gasteiger partial charge in [0.25, 0.3) is 0 Å². The molecular weight excluding hydrogens is 324 g/mol. The van der Waals surface area contributed by atoms with Crippen molar-refractivity contribution in [3.8, 4) is 0 Å². The molecule has 134 valence electrons. The molecule has 6 heteroatoms. The van der Waals surface area contributed by atoms with E-state index in [4.69, 9.17) is 14.2 Å². The van der Waals surface area contributed by atoms with Crippen LogP contribution in [0.3, 0.4) is 0 Å². The van der Waals surface area contributed by atoms with Crippen LogP contribution in [0.1, 0.15) is 33.1 Å². The molecule has 1 saturated carbocycles. The van der Waals surface area contributed by atoms with Gasteiger partial charge in [0.15, 0.2) is 0 Å². The van der Waals surface area contributed by atoms with E-state index in [2.05, 4.69) is 13.2 Å². The van der Waals surface area contributed by atoms with Crippen LogP contribution in [0.25, 0.3) is 0 Å².